The Balaban J connectivity index is 4.90. The first-order valence-electron chi connectivity index (χ1n) is 7.01. The van der Waals surface area contributed by atoms with Crippen molar-refractivity contribution < 1.29 is 14.0 Å². The molecule has 0 fully saturated rings. The van der Waals surface area contributed by atoms with E-state index in [0.29, 0.717) is 0 Å². The molecule has 0 heterocycles. The van der Waals surface area contributed by atoms with Crippen LogP contribution in [0.1, 0.15) is 53.4 Å². The largest absolute Gasteiger partial charge is 0.333 e. The lowest BCUT2D eigenvalue weighted by molar-refractivity contribution is -1.01. The second-order valence-corrected chi connectivity index (χ2v) is 4.93. The summed E-state index contributed by atoms with van der Waals surface area (Å²) in [7, 11) is 3.61. The molecule has 0 spiro atoms. The van der Waals surface area contributed by atoms with Crippen LogP contribution >= 0.6 is 0 Å². The molecule has 0 amide bonds. The van der Waals surface area contributed by atoms with E-state index in [1.54, 1.807) is 14.2 Å². The molecule has 0 N–H and O–H groups in total. The second kappa shape index (κ2) is 8.90. The highest BCUT2D eigenvalue weighted by Crippen LogP contribution is 2.23. The van der Waals surface area contributed by atoms with Crippen LogP contribution in [0.3, 0.4) is 0 Å². The van der Waals surface area contributed by atoms with Gasteiger partial charge < -0.3 is 9.47 Å². The molecule has 0 aliphatic carbocycles. The quantitative estimate of drug-likeness (QED) is 0.434. The topological polar surface area (TPSA) is 18.5 Å². The van der Waals surface area contributed by atoms with E-state index in [1.807, 2.05) is 0 Å². The van der Waals surface area contributed by atoms with Crippen molar-refractivity contribution in [3.63, 3.8) is 0 Å². The summed E-state index contributed by atoms with van der Waals surface area (Å²) in [6.45, 7) is 11.1. The Labute approximate surface area is 108 Å². The maximum absolute atomic E-state index is 5.62. The first kappa shape index (κ1) is 16.9. The number of hydrogen-bond donors (Lipinski definition) is 0. The fourth-order valence-corrected chi connectivity index (χ4v) is 2.46. The van der Waals surface area contributed by atoms with E-state index < -0.39 is 0 Å². The number of methoxy groups -OCH3 is 2. The lowest BCUT2D eigenvalue weighted by Crippen LogP contribution is -2.61. The Hall–Kier alpha value is -0.120. The van der Waals surface area contributed by atoms with Crippen molar-refractivity contribution in [2.24, 2.45) is 0 Å². The van der Waals surface area contributed by atoms with Gasteiger partial charge in [0.2, 0.25) is 0 Å². The van der Waals surface area contributed by atoms with E-state index in [-0.39, 0.29) is 12.5 Å². The summed E-state index contributed by atoms with van der Waals surface area (Å²) >= 11 is 0. The number of ether oxygens (including phenoxy) is 2. The average molecular weight is 246 g/mol. The molecule has 104 valence electrons. The van der Waals surface area contributed by atoms with Crippen molar-refractivity contribution in [3.05, 3.63) is 0 Å². The SMILES string of the molecule is CCCC[N+](CCCC)(C(C)OC)C(C)OC. The molecule has 3 heteroatoms. The predicted octanol–water partition coefficient (Wildman–Crippen LogP) is 3.39. The molecule has 2 atom stereocenters. The van der Waals surface area contributed by atoms with Crippen LogP contribution in [0, 0.1) is 0 Å². The fraction of sp³-hybridized carbons (Fsp3) is 1.00. The lowest BCUT2D eigenvalue weighted by atomic mass is 10.2. The summed E-state index contributed by atoms with van der Waals surface area (Å²) < 4.78 is 12.2. The van der Waals surface area contributed by atoms with Gasteiger partial charge in [0, 0.05) is 28.1 Å². The number of hydrogen-bond acceptors (Lipinski definition) is 2. The van der Waals surface area contributed by atoms with Crippen molar-refractivity contribution in [2.75, 3.05) is 27.3 Å². The molecule has 0 saturated carbocycles. The minimum absolute atomic E-state index is 0.197. The minimum Gasteiger partial charge on any atom is -0.333 e. The van der Waals surface area contributed by atoms with Gasteiger partial charge in [-0.15, -0.1) is 0 Å². The van der Waals surface area contributed by atoms with E-state index in [2.05, 4.69) is 27.7 Å². The molecule has 0 aromatic rings. The molecule has 0 aromatic heterocycles. The zero-order valence-electron chi connectivity index (χ0n) is 12.7. The van der Waals surface area contributed by atoms with E-state index in [1.165, 1.54) is 25.7 Å². The number of rotatable bonds is 10. The summed E-state index contributed by atoms with van der Waals surface area (Å²) in [5, 5.41) is 0. The van der Waals surface area contributed by atoms with Gasteiger partial charge in [-0.2, -0.15) is 0 Å². The molecule has 0 aliphatic rings. The smallest absolute Gasteiger partial charge is 0.192 e. The Kier molecular flexibility index (Phi) is 8.83. The van der Waals surface area contributed by atoms with Crippen molar-refractivity contribution in [3.8, 4) is 0 Å². The van der Waals surface area contributed by atoms with Crippen molar-refractivity contribution >= 4 is 0 Å². The summed E-state index contributed by atoms with van der Waals surface area (Å²) in [6.07, 6.45) is 5.29. The predicted molar refractivity (Wildman–Crippen MR) is 72.8 cm³/mol. The summed E-state index contributed by atoms with van der Waals surface area (Å²) in [4.78, 5) is 0. The van der Waals surface area contributed by atoms with Crippen LogP contribution in [0.25, 0.3) is 0 Å². The van der Waals surface area contributed by atoms with Crippen molar-refractivity contribution in [1.29, 1.82) is 0 Å². The van der Waals surface area contributed by atoms with Crippen LogP contribution in [0.4, 0.5) is 0 Å². The van der Waals surface area contributed by atoms with Crippen LogP contribution < -0.4 is 0 Å². The van der Waals surface area contributed by atoms with Gasteiger partial charge in [0.05, 0.1) is 13.1 Å². The molecule has 0 aliphatic heterocycles. The van der Waals surface area contributed by atoms with Gasteiger partial charge in [0.1, 0.15) is 0 Å². The molecule has 3 nitrogen and oxygen atoms in total. The second-order valence-electron chi connectivity index (χ2n) is 4.93. The molecule has 17 heavy (non-hydrogen) atoms. The van der Waals surface area contributed by atoms with Gasteiger partial charge in [-0.1, -0.05) is 26.7 Å². The summed E-state index contributed by atoms with van der Waals surface area (Å²) in [6, 6.07) is 0. The maximum atomic E-state index is 5.62. The first-order valence-corrected chi connectivity index (χ1v) is 7.01. The molecular formula is C14H32NO2+. The average Bonchev–Trinajstić information content (AvgIpc) is 2.37. The monoisotopic (exact) mass is 246 g/mol. The summed E-state index contributed by atoms with van der Waals surface area (Å²) in [5.74, 6) is 0. The van der Waals surface area contributed by atoms with E-state index in [9.17, 15) is 0 Å². The normalized spacial score (nSPS) is 15.9. The van der Waals surface area contributed by atoms with Crippen molar-refractivity contribution in [2.45, 2.75) is 65.8 Å². The highest BCUT2D eigenvalue weighted by molar-refractivity contribution is 4.50. The van der Waals surface area contributed by atoms with E-state index in [4.69, 9.17) is 9.47 Å². The molecule has 0 saturated heterocycles. The third kappa shape index (κ3) is 4.57. The van der Waals surface area contributed by atoms with Crippen molar-refractivity contribution in [1.82, 2.24) is 0 Å². The standard InChI is InChI=1S/C14H32NO2/c1-7-9-11-15(12-10-8-2,13(3)16-5)14(4)17-6/h13-14H,7-12H2,1-6H3/q+1. The lowest BCUT2D eigenvalue weighted by Gasteiger charge is -2.46. The number of quaternary nitrogens is 1. The third-order valence-electron chi connectivity index (χ3n) is 3.99. The summed E-state index contributed by atoms with van der Waals surface area (Å²) in [5.41, 5.74) is 0. The Morgan fingerprint density at radius 1 is 0.824 bits per heavy atom. The molecule has 0 rings (SSSR count). The molecular weight excluding hydrogens is 214 g/mol. The fourth-order valence-electron chi connectivity index (χ4n) is 2.46. The molecule has 0 radical (unpaired) electrons. The van der Waals surface area contributed by atoms with Crippen LogP contribution in [0.5, 0.6) is 0 Å². The Morgan fingerprint density at radius 3 is 1.41 bits per heavy atom. The Bertz CT molecular complexity index is 165. The minimum atomic E-state index is 0.197. The molecule has 0 aromatic carbocycles. The van der Waals surface area contributed by atoms with E-state index >= 15 is 0 Å². The molecule has 0 bridgehead atoms. The van der Waals surface area contributed by atoms with Gasteiger partial charge >= 0.3 is 0 Å². The highest BCUT2D eigenvalue weighted by atomic mass is 16.5. The van der Waals surface area contributed by atoms with E-state index in [0.717, 1.165) is 17.6 Å². The zero-order valence-corrected chi connectivity index (χ0v) is 12.7. The van der Waals surface area contributed by atoms with Crippen LogP contribution in [-0.4, -0.2) is 44.2 Å². The Morgan fingerprint density at radius 2 is 1.18 bits per heavy atom. The van der Waals surface area contributed by atoms with Gasteiger partial charge in [-0.05, 0) is 12.8 Å². The van der Waals surface area contributed by atoms with Crippen LogP contribution in [-0.2, 0) is 9.47 Å². The third-order valence-corrected chi connectivity index (χ3v) is 3.99. The highest BCUT2D eigenvalue weighted by Gasteiger charge is 2.38. The number of unbranched alkanes of at least 4 members (excludes halogenated alkanes) is 2. The van der Waals surface area contributed by atoms with Gasteiger partial charge in [-0.3, -0.25) is 4.48 Å². The van der Waals surface area contributed by atoms with Gasteiger partial charge in [0.25, 0.3) is 0 Å². The van der Waals surface area contributed by atoms with Crippen LogP contribution in [0.15, 0.2) is 0 Å². The molecule has 2 unspecified atom stereocenters. The first-order chi connectivity index (χ1) is 8.08. The van der Waals surface area contributed by atoms with Gasteiger partial charge in [-0.25, -0.2) is 0 Å². The number of nitrogens with zero attached hydrogens (tertiary/aromatic N) is 1. The zero-order chi connectivity index (χ0) is 13.3. The van der Waals surface area contributed by atoms with Crippen LogP contribution in [0.2, 0.25) is 0 Å². The maximum Gasteiger partial charge on any atom is 0.192 e. The van der Waals surface area contributed by atoms with Gasteiger partial charge in [0.15, 0.2) is 12.5 Å².